The van der Waals surface area contributed by atoms with Crippen LogP contribution in [-0.4, -0.2) is 28.5 Å². The molecule has 0 radical (unpaired) electrons. The van der Waals surface area contributed by atoms with Crippen LogP contribution in [-0.2, 0) is 4.74 Å². The fourth-order valence-electron chi connectivity index (χ4n) is 3.13. The summed E-state index contributed by atoms with van der Waals surface area (Å²) < 4.78 is 6.34. The number of benzene rings is 1. The molecule has 1 N–H and O–H groups in total. The molecule has 1 aromatic heterocycles. The third-order valence-corrected chi connectivity index (χ3v) is 5.37. The number of nitrogens with zero attached hydrogens (tertiary/aromatic N) is 1. The minimum absolute atomic E-state index is 0.00255. The number of ether oxygens (including phenoxy) is 1. The first kappa shape index (κ1) is 17.9. The molecule has 2 aromatic rings. The van der Waals surface area contributed by atoms with Gasteiger partial charge in [-0.1, -0.05) is 12.1 Å². The third-order valence-electron chi connectivity index (χ3n) is 4.32. The Morgan fingerprint density at radius 2 is 1.84 bits per heavy atom. The van der Waals surface area contributed by atoms with E-state index >= 15 is 0 Å². The smallest absolute Gasteiger partial charge is 0.407 e. The molecule has 0 bridgehead atoms. The molecule has 1 fully saturated rings. The molecule has 0 unspecified atom stereocenters. The Balaban J connectivity index is 1.55. The molecular weight excluding hydrogens is 336 g/mol. The van der Waals surface area contributed by atoms with Gasteiger partial charge in [-0.05, 0) is 58.6 Å². The fourth-order valence-corrected chi connectivity index (χ4v) is 4.11. The van der Waals surface area contributed by atoms with E-state index in [1.165, 1.54) is 11.3 Å². The molecule has 1 aliphatic carbocycles. The highest BCUT2D eigenvalue weighted by atomic mass is 32.1. The van der Waals surface area contributed by atoms with Gasteiger partial charge in [-0.2, -0.15) is 0 Å². The predicted octanol–water partition coefficient (Wildman–Crippen LogP) is 4.56. The summed E-state index contributed by atoms with van der Waals surface area (Å²) in [5, 5.41) is 3.51. The van der Waals surface area contributed by atoms with Crippen molar-refractivity contribution in [1.82, 2.24) is 10.3 Å². The van der Waals surface area contributed by atoms with Crippen LogP contribution in [0.15, 0.2) is 24.3 Å². The van der Waals surface area contributed by atoms with Gasteiger partial charge in [0.25, 0.3) is 0 Å². The molecule has 1 saturated carbocycles. The lowest BCUT2D eigenvalue weighted by atomic mass is 9.83. The average Bonchev–Trinajstić information content (AvgIpc) is 2.97. The molecule has 25 heavy (non-hydrogen) atoms. The third kappa shape index (κ3) is 4.57. The second-order valence-electron chi connectivity index (χ2n) is 7.55. The van der Waals surface area contributed by atoms with Gasteiger partial charge in [0, 0.05) is 12.0 Å². The predicted molar refractivity (Wildman–Crippen MR) is 99.1 cm³/mol. The summed E-state index contributed by atoms with van der Waals surface area (Å²) in [6.45, 7) is 5.54. The van der Waals surface area contributed by atoms with Crippen LogP contribution in [0.5, 0.6) is 0 Å². The maximum absolute atomic E-state index is 12.7. The second kappa shape index (κ2) is 7.12. The van der Waals surface area contributed by atoms with E-state index in [2.05, 4.69) is 10.3 Å². The molecule has 0 atom stereocenters. The summed E-state index contributed by atoms with van der Waals surface area (Å²) in [5.41, 5.74) is 0.389. The summed E-state index contributed by atoms with van der Waals surface area (Å²) in [7, 11) is 0. The fraction of sp³-hybridized carbons (Fsp3) is 0.526. The number of Topliss-reactive ketones (excluding diaryl/α,β-unsaturated/α-hetero) is 1. The summed E-state index contributed by atoms with van der Waals surface area (Å²) in [4.78, 5) is 29.1. The lowest BCUT2D eigenvalue weighted by molar-refractivity contribution is 0.0487. The van der Waals surface area contributed by atoms with Gasteiger partial charge in [-0.3, -0.25) is 4.79 Å². The highest BCUT2D eigenvalue weighted by molar-refractivity contribution is 7.20. The Morgan fingerprint density at radius 3 is 2.48 bits per heavy atom. The van der Waals surface area contributed by atoms with Gasteiger partial charge in [-0.15, -0.1) is 11.3 Å². The number of ketones is 1. The Kier molecular flexibility index (Phi) is 5.08. The second-order valence-corrected chi connectivity index (χ2v) is 8.58. The molecule has 5 nitrogen and oxygen atoms in total. The van der Waals surface area contributed by atoms with E-state index in [0.29, 0.717) is 5.01 Å². The molecule has 3 rings (SSSR count). The van der Waals surface area contributed by atoms with Crippen LogP contribution >= 0.6 is 11.3 Å². The van der Waals surface area contributed by atoms with Gasteiger partial charge < -0.3 is 10.1 Å². The zero-order chi connectivity index (χ0) is 18.0. The van der Waals surface area contributed by atoms with Crippen LogP contribution in [0.1, 0.15) is 56.3 Å². The number of aromatic nitrogens is 1. The zero-order valence-electron chi connectivity index (χ0n) is 14.9. The minimum Gasteiger partial charge on any atom is -0.444 e. The summed E-state index contributed by atoms with van der Waals surface area (Å²) >= 11 is 1.47. The molecule has 1 aromatic carbocycles. The summed E-state index contributed by atoms with van der Waals surface area (Å²) in [6, 6.07) is 7.90. The molecule has 1 heterocycles. The largest absolute Gasteiger partial charge is 0.444 e. The van der Waals surface area contributed by atoms with Crippen molar-refractivity contribution in [3.63, 3.8) is 0 Å². The van der Waals surface area contributed by atoms with E-state index in [9.17, 15) is 9.59 Å². The number of alkyl carbamates (subject to hydrolysis) is 1. The lowest BCUT2D eigenvalue weighted by Gasteiger charge is -2.29. The maximum atomic E-state index is 12.7. The molecular formula is C19H24N2O3S. The van der Waals surface area contributed by atoms with Crippen molar-refractivity contribution < 1.29 is 14.3 Å². The average molecular weight is 360 g/mol. The van der Waals surface area contributed by atoms with Gasteiger partial charge >= 0.3 is 6.09 Å². The molecule has 1 amide bonds. The normalized spacial score (nSPS) is 21.1. The molecule has 1 aliphatic rings. The van der Waals surface area contributed by atoms with Crippen molar-refractivity contribution in [2.24, 2.45) is 5.92 Å². The van der Waals surface area contributed by atoms with Crippen LogP contribution in [0, 0.1) is 5.92 Å². The van der Waals surface area contributed by atoms with E-state index in [1.54, 1.807) is 0 Å². The lowest BCUT2D eigenvalue weighted by Crippen LogP contribution is -2.41. The number of hydrogen-bond donors (Lipinski definition) is 1. The molecule has 0 spiro atoms. The number of hydrogen-bond acceptors (Lipinski definition) is 5. The molecule has 6 heteroatoms. The number of para-hydroxylation sites is 1. The Labute approximate surface area is 151 Å². The number of nitrogens with one attached hydrogen (secondary N) is 1. The van der Waals surface area contributed by atoms with Gasteiger partial charge in [0.2, 0.25) is 0 Å². The van der Waals surface area contributed by atoms with Crippen LogP contribution in [0.2, 0.25) is 0 Å². The summed E-state index contributed by atoms with van der Waals surface area (Å²) in [5.74, 6) is 0.133. The number of fused-ring (bicyclic) bond motifs is 1. The summed E-state index contributed by atoms with van der Waals surface area (Å²) in [6.07, 6.45) is 2.75. The number of carbonyl (C=O) groups is 2. The maximum Gasteiger partial charge on any atom is 0.407 e. The number of amides is 1. The highest BCUT2D eigenvalue weighted by Crippen LogP contribution is 2.30. The molecule has 0 saturated heterocycles. The van der Waals surface area contributed by atoms with Crippen molar-refractivity contribution in [2.75, 3.05) is 0 Å². The van der Waals surface area contributed by atoms with Gasteiger partial charge in [0.05, 0.1) is 10.2 Å². The van der Waals surface area contributed by atoms with Crippen molar-refractivity contribution in [1.29, 1.82) is 0 Å². The van der Waals surface area contributed by atoms with E-state index in [4.69, 9.17) is 4.74 Å². The topological polar surface area (TPSA) is 68.3 Å². The van der Waals surface area contributed by atoms with E-state index in [0.717, 1.165) is 35.9 Å². The number of thiazole rings is 1. The first-order chi connectivity index (χ1) is 11.8. The standard InChI is InChI=1S/C19H24N2O3S/c1-19(2,3)24-18(23)20-13-10-8-12(9-11-13)16(22)17-21-14-6-4-5-7-15(14)25-17/h4-7,12-13H,8-11H2,1-3H3,(H,20,23)/t12-,13-. The van der Waals surface area contributed by atoms with Crippen LogP contribution in [0.4, 0.5) is 4.79 Å². The monoisotopic (exact) mass is 360 g/mol. The van der Waals surface area contributed by atoms with Crippen LogP contribution in [0.25, 0.3) is 10.2 Å². The quantitative estimate of drug-likeness (QED) is 0.815. The van der Waals surface area contributed by atoms with Gasteiger partial charge in [0.15, 0.2) is 10.8 Å². The van der Waals surface area contributed by atoms with Crippen molar-refractivity contribution in [3.8, 4) is 0 Å². The first-order valence-electron chi connectivity index (χ1n) is 8.71. The van der Waals surface area contributed by atoms with E-state index < -0.39 is 5.60 Å². The van der Waals surface area contributed by atoms with E-state index in [1.807, 2.05) is 45.0 Å². The number of rotatable bonds is 3. The van der Waals surface area contributed by atoms with Gasteiger partial charge in [-0.25, -0.2) is 9.78 Å². The Bertz CT molecular complexity index is 737. The van der Waals surface area contributed by atoms with Crippen molar-refractivity contribution >= 4 is 33.4 Å². The van der Waals surface area contributed by atoms with Crippen LogP contribution < -0.4 is 5.32 Å². The van der Waals surface area contributed by atoms with E-state index in [-0.39, 0.29) is 23.8 Å². The Hall–Kier alpha value is -1.95. The Morgan fingerprint density at radius 1 is 1.16 bits per heavy atom. The zero-order valence-corrected chi connectivity index (χ0v) is 15.7. The SMILES string of the molecule is CC(C)(C)OC(=O)N[C@H]1CC[C@H](C(=O)c2nc3ccccc3s2)CC1. The van der Waals surface area contributed by atoms with Gasteiger partial charge in [0.1, 0.15) is 5.60 Å². The van der Waals surface area contributed by atoms with Crippen molar-refractivity contribution in [3.05, 3.63) is 29.3 Å². The molecule has 134 valence electrons. The first-order valence-corrected chi connectivity index (χ1v) is 9.53. The van der Waals surface area contributed by atoms with Crippen molar-refractivity contribution in [2.45, 2.75) is 58.1 Å². The van der Waals surface area contributed by atoms with Crippen LogP contribution in [0.3, 0.4) is 0 Å². The molecule has 0 aliphatic heterocycles. The number of carbonyl (C=O) groups excluding carboxylic acids is 2. The highest BCUT2D eigenvalue weighted by Gasteiger charge is 2.30. The minimum atomic E-state index is -0.496.